The Balaban J connectivity index is 1.91. The molecule has 0 saturated carbocycles. The lowest BCUT2D eigenvalue weighted by molar-refractivity contribution is 0.296. The molecule has 0 bridgehead atoms. The maximum atomic E-state index is 5.78. The molecule has 0 aromatic heterocycles. The van der Waals surface area contributed by atoms with E-state index in [4.69, 9.17) is 9.47 Å². The van der Waals surface area contributed by atoms with Crippen LogP contribution in [0, 0.1) is 0 Å². The van der Waals surface area contributed by atoms with Crippen molar-refractivity contribution in [2.24, 2.45) is 0 Å². The van der Waals surface area contributed by atoms with Gasteiger partial charge >= 0.3 is 0 Å². The number of nitrogens with one attached hydrogen (secondary N) is 1. The first kappa shape index (κ1) is 11.8. The number of benzene rings is 1. The van der Waals surface area contributed by atoms with Crippen LogP contribution in [-0.2, 0) is 5.41 Å². The normalized spacial score (nSPS) is 27.6. The summed E-state index contributed by atoms with van der Waals surface area (Å²) in [6.45, 7) is 6.03. The minimum atomic E-state index is 0.225. The van der Waals surface area contributed by atoms with Crippen molar-refractivity contribution in [3.8, 4) is 11.5 Å². The molecular formula is C15H21NO2. The second-order valence-corrected chi connectivity index (χ2v) is 5.55. The maximum Gasteiger partial charge on any atom is 0.161 e. The molecule has 0 spiro atoms. The van der Waals surface area contributed by atoms with Gasteiger partial charge in [0.05, 0.1) is 13.2 Å². The molecule has 2 heterocycles. The van der Waals surface area contributed by atoms with Gasteiger partial charge in [0.2, 0.25) is 0 Å². The van der Waals surface area contributed by atoms with Crippen LogP contribution in [0.1, 0.15) is 31.7 Å². The van der Waals surface area contributed by atoms with E-state index in [1.54, 1.807) is 0 Å². The first-order valence-electron chi connectivity index (χ1n) is 6.89. The van der Waals surface area contributed by atoms with Crippen LogP contribution in [0.4, 0.5) is 0 Å². The number of hydrogen-bond donors (Lipinski definition) is 1. The van der Waals surface area contributed by atoms with Gasteiger partial charge in [-0.2, -0.15) is 0 Å². The molecule has 1 unspecified atom stereocenters. The molecule has 2 aliphatic rings. The number of piperidine rings is 1. The topological polar surface area (TPSA) is 30.5 Å². The minimum Gasteiger partial charge on any atom is -0.490 e. The molecule has 1 aromatic rings. The second kappa shape index (κ2) is 4.81. The van der Waals surface area contributed by atoms with Crippen LogP contribution in [0.5, 0.6) is 11.5 Å². The van der Waals surface area contributed by atoms with Gasteiger partial charge in [-0.05, 0) is 37.1 Å². The van der Waals surface area contributed by atoms with Crippen molar-refractivity contribution in [3.05, 3.63) is 23.8 Å². The van der Waals surface area contributed by atoms with Gasteiger partial charge in [0, 0.05) is 18.4 Å². The highest BCUT2D eigenvalue weighted by molar-refractivity contribution is 5.45. The lowest BCUT2D eigenvalue weighted by Crippen LogP contribution is -2.41. The fourth-order valence-corrected chi connectivity index (χ4v) is 2.84. The van der Waals surface area contributed by atoms with Gasteiger partial charge in [0.1, 0.15) is 0 Å². The van der Waals surface area contributed by atoms with Crippen LogP contribution in [0.15, 0.2) is 18.2 Å². The van der Waals surface area contributed by atoms with Gasteiger partial charge < -0.3 is 14.8 Å². The predicted molar refractivity (Wildman–Crippen MR) is 71.5 cm³/mol. The second-order valence-electron chi connectivity index (χ2n) is 5.55. The Hall–Kier alpha value is -1.22. The van der Waals surface area contributed by atoms with E-state index in [9.17, 15) is 0 Å². The molecule has 98 valence electrons. The lowest BCUT2D eigenvalue weighted by atomic mass is 9.76. The summed E-state index contributed by atoms with van der Waals surface area (Å²) in [4.78, 5) is 0. The van der Waals surface area contributed by atoms with Crippen molar-refractivity contribution < 1.29 is 9.47 Å². The predicted octanol–water partition coefficient (Wildman–Crippen LogP) is 2.49. The number of ether oxygens (including phenoxy) is 2. The van der Waals surface area contributed by atoms with Crippen molar-refractivity contribution in [1.29, 1.82) is 0 Å². The van der Waals surface area contributed by atoms with E-state index in [0.29, 0.717) is 0 Å². The van der Waals surface area contributed by atoms with Crippen LogP contribution in [0.3, 0.4) is 0 Å². The summed E-state index contributed by atoms with van der Waals surface area (Å²) in [5.41, 5.74) is 1.59. The maximum absolute atomic E-state index is 5.78. The summed E-state index contributed by atoms with van der Waals surface area (Å²) in [5.74, 6) is 1.81. The highest BCUT2D eigenvalue weighted by atomic mass is 16.5. The molecule has 3 rings (SSSR count). The van der Waals surface area contributed by atoms with Crippen LogP contribution in [0.2, 0.25) is 0 Å². The molecule has 0 aliphatic carbocycles. The Kier molecular flexibility index (Phi) is 3.16. The van der Waals surface area contributed by atoms with Crippen molar-refractivity contribution in [2.75, 3.05) is 26.3 Å². The zero-order valence-corrected chi connectivity index (χ0v) is 11.0. The Bertz CT molecular complexity index is 425. The summed E-state index contributed by atoms with van der Waals surface area (Å²) in [6.07, 6.45) is 3.44. The molecule has 1 saturated heterocycles. The Morgan fingerprint density at radius 3 is 2.72 bits per heavy atom. The number of rotatable bonds is 1. The fourth-order valence-electron chi connectivity index (χ4n) is 2.84. The highest BCUT2D eigenvalue weighted by Gasteiger charge is 2.29. The summed E-state index contributed by atoms with van der Waals surface area (Å²) in [5, 5.41) is 3.49. The fraction of sp³-hybridized carbons (Fsp3) is 0.600. The van der Waals surface area contributed by atoms with Crippen LogP contribution in [0.25, 0.3) is 0 Å². The highest BCUT2D eigenvalue weighted by Crippen LogP contribution is 2.37. The molecule has 0 radical (unpaired) electrons. The number of hydrogen-bond acceptors (Lipinski definition) is 3. The molecular weight excluding hydrogens is 226 g/mol. The summed E-state index contributed by atoms with van der Waals surface area (Å²) < 4.78 is 11.5. The molecule has 1 atom stereocenters. The summed E-state index contributed by atoms with van der Waals surface area (Å²) in [6, 6.07) is 6.43. The van der Waals surface area contributed by atoms with Crippen molar-refractivity contribution >= 4 is 0 Å². The van der Waals surface area contributed by atoms with E-state index in [1.165, 1.54) is 18.4 Å². The minimum absolute atomic E-state index is 0.225. The Morgan fingerprint density at radius 1 is 1.11 bits per heavy atom. The zero-order chi connectivity index (χ0) is 12.4. The van der Waals surface area contributed by atoms with Gasteiger partial charge in [0.15, 0.2) is 11.5 Å². The monoisotopic (exact) mass is 247 g/mol. The molecule has 1 fully saturated rings. The summed E-state index contributed by atoms with van der Waals surface area (Å²) in [7, 11) is 0. The molecule has 3 heteroatoms. The van der Waals surface area contributed by atoms with E-state index in [-0.39, 0.29) is 5.41 Å². The Morgan fingerprint density at radius 2 is 1.94 bits per heavy atom. The van der Waals surface area contributed by atoms with E-state index < -0.39 is 0 Å². The van der Waals surface area contributed by atoms with E-state index in [2.05, 4.69) is 30.4 Å². The molecule has 3 nitrogen and oxygen atoms in total. The average Bonchev–Trinajstić information content (AvgIpc) is 2.64. The number of fused-ring (bicyclic) bond motifs is 1. The molecule has 18 heavy (non-hydrogen) atoms. The average molecular weight is 247 g/mol. The third kappa shape index (κ3) is 2.19. The first-order chi connectivity index (χ1) is 8.78. The van der Waals surface area contributed by atoms with Gasteiger partial charge in [-0.1, -0.05) is 13.0 Å². The molecule has 1 aromatic carbocycles. The quantitative estimate of drug-likeness (QED) is 0.827. The van der Waals surface area contributed by atoms with Crippen molar-refractivity contribution in [3.63, 3.8) is 0 Å². The SMILES string of the molecule is CC1(c2ccc3c(c2)OCCCO3)CCCNC1. The Labute approximate surface area is 108 Å². The molecule has 1 N–H and O–H groups in total. The standard InChI is InChI=1S/C15H21NO2/c1-15(6-2-7-16-11-15)12-4-5-13-14(10-12)18-9-3-8-17-13/h4-5,10,16H,2-3,6-9,11H2,1H3. The van der Waals surface area contributed by atoms with E-state index >= 15 is 0 Å². The molecule has 0 amide bonds. The largest absolute Gasteiger partial charge is 0.490 e. The van der Waals surface area contributed by atoms with E-state index in [1.807, 2.05) is 0 Å². The first-order valence-corrected chi connectivity index (χ1v) is 6.89. The van der Waals surface area contributed by atoms with Gasteiger partial charge in [-0.25, -0.2) is 0 Å². The van der Waals surface area contributed by atoms with Gasteiger partial charge in [0.25, 0.3) is 0 Å². The smallest absolute Gasteiger partial charge is 0.161 e. The van der Waals surface area contributed by atoms with E-state index in [0.717, 1.165) is 44.2 Å². The third-order valence-electron chi connectivity index (χ3n) is 4.04. The van der Waals surface area contributed by atoms with Gasteiger partial charge in [-0.15, -0.1) is 0 Å². The van der Waals surface area contributed by atoms with Crippen LogP contribution in [-0.4, -0.2) is 26.3 Å². The van der Waals surface area contributed by atoms with Crippen LogP contribution >= 0.6 is 0 Å². The van der Waals surface area contributed by atoms with Gasteiger partial charge in [-0.3, -0.25) is 0 Å². The summed E-state index contributed by atoms with van der Waals surface area (Å²) >= 11 is 0. The van der Waals surface area contributed by atoms with Crippen molar-refractivity contribution in [2.45, 2.75) is 31.6 Å². The van der Waals surface area contributed by atoms with Crippen LogP contribution < -0.4 is 14.8 Å². The zero-order valence-electron chi connectivity index (χ0n) is 11.0. The third-order valence-corrected chi connectivity index (χ3v) is 4.04. The lowest BCUT2D eigenvalue weighted by Gasteiger charge is -2.35. The molecule has 2 aliphatic heterocycles. The van der Waals surface area contributed by atoms with Crippen molar-refractivity contribution in [1.82, 2.24) is 5.32 Å².